The molecule has 0 radical (unpaired) electrons. The zero-order chi connectivity index (χ0) is 14.9. The van der Waals surface area contributed by atoms with Crippen LogP contribution in [0.25, 0.3) is 0 Å². The van der Waals surface area contributed by atoms with Crippen molar-refractivity contribution in [3.63, 3.8) is 0 Å². The van der Waals surface area contributed by atoms with E-state index in [2.05, 4.69) is 24.1 Å². The van der Waals surface area contributed by atoms with E-state index in [0.717, 1.165) is 19.6 Å². The smallest absolute Gasteiger partial charge is 0.123 e. The van der Waals surface area contributed by atoms with E-state index in [1.54, 1.807) is 12.1 Å². The summed E-state index contributed by atoms with van der Waals surface area (Å²) in [6.07, 6.45) is 5.28. The van der Waals surface area contributed by atoms with Crippen molar-refractivity contribution in [3.05, 3.63) is 35.6 Å². The highest BCUT2D eigenvalue weighted by Crippen LogP contribution is 2.38. The molecule has 2 aliphatic rings. The van der Waals surface area contributed by atoms with Crippen molar-refractivity contribution >= 4 is 0 Å². The lowest BCUT2D eigenvalue weighted by Crippen LogP contribution is -2.64. The van der Waals surface area contributed by atoms with E-state index in [0.29, 0.717) is 17.5 Å². The van der Waals surface area contributed by atoms with Gasteiger partial charge in [0.05, 0.1) is 0 Å². The first-order valence-electron chi connectivity index (χ1n) is 8.32. The van der Waals surface area contributed by atoms with Crippen molar-refractivity contribution in [2.75, 3.05) is 13.1 Å². The number of benzene rings is 1. The Balaban J connectivity index is 1.78. The lowest BCUT2D eigenvalue weighted by molar-refractivity contribution is 0.0260. The Labute approximate surface area is 127 Å². The lowest BCUT2D eigenvalue weighted by atomic mass is 9.88. The highest BCUT2D eigenvalue weighted by molar-refractivity contribution is 5.17. The molecule has 0 bridgehead atoms. The summed E-state index contributed by atoms with van der Waals surface area (Å²) >= 11 is 0. The third kappa shape index (κ3) is 3.14. The molecule has 1 atom stereocenters. The summed E-state index contributed by atoms with van der Waals surface area (Å²) in [5.74, 6) is 0.508. The SMILES string of the molecule is CC(C)C1CN(Cc2ccc(F)cc2)C2(CCCC2)CN1. The van der Waals surface area contributed by atoms with E-state index in [9.17, 15) is 4.39 Å². The van der Waals surface area contributed by atoms with Gasteiger partial charge < -0.3 is 5.32 Å². The molecule has 1 spiro atoms. The van der Waals surface area contributed by atoms with Gasteiger partial charge in [-0.2, -0.15) is 0 Å². The number of halogens is 1. The number of piperazine rings is 1. The molecule has 1 saturated heterocycles. The molecule has 3 rings (SSSR count). The zero-order valence-corrected chi connectivity index (χ0v) is 13.2. The van der Waals surface area contributed by atoms with Gasteiger partial charge in [0, 0.05) is 31.2 Å². The average Bonchev–Trinajstić information content (AvgIpc) is 2.93. The Morgan fingerprint density at radius 1 is 1.24 bits per heavy atom. The fourth-order valence-corrected chi connectivity index (χ4v) is 3.94. The molecular weight excluding hydrogens is 263 g/mol. The third-order valence-corrected chi connectivity index (χ3v) is 5.41. The van der Waals surface area contributed by atoms with Crippen molar-refractivity contribution in [1.82, 2.24) is 10.2 Å². The second kappa shape index (κ2) is 6.05. The second-order valence-electron chi connectivity index (χ2n) is 7.17. The van der Waals surface area contributed by atoms with Crippen LogP contribution >= 0.6 is 0 Å². The summed E-state index contributed by atoms with van der Waals surface area (Å²) in [6, 6.07) is 7.60. The van der Waals surface area contributed by atoms with Crippen LogP contribution in [0.15, 0.2) is 24.3 Å². The van der Waals surface area contributed by atoms with Crippen LogP contribution < -0.4 is 5.32 Å². The first kappa shape index (κ1) is 15.0. The van der Waals surface area contributed by atoms with Gasteiger partial charge in [-0.25, -0.2) is 4.39 Å². The number of hydrogen-bond donors (Lipinski definition) is 1. The minimum absolute atomic E-state index is 0.144. The van der Waals surface area contributed by atoms with Crippen molar-refractivity contribution in [2.24, 2.45) is 5.92 Å². The molecule has 1 aromatic rings. The Hall–Kier alpha value is -0.930. The molecule has 21 heavy (non-hydrogen) atoms. The summed E-state index contributed by atoms with van der Waals surface area (Å²) in [6.45, 7) is 7.75. The number of hydrogen-bond acceptors (Lipinski definition) is 2. The van der Waals surface area contributed by atoms with E-state index in [4.69, 9.17) is 0 Å². The monoisotopic (exact) mass is 290 g/mol. The molecule has 1 aromatic carbocycles. The minimum atomic E-state index is -0.144. The lowest BCUT2D eigenvalue weighted by Gasteiger charge is -2.49. The fourth-order valence-electron chi connectivity index (χ4n) is 3.94. The molecule has 3 heteroatoms. The maximum atomic E-state index is 13.1. The van der Waals surface area contributed by atoms with Crippen LogP contribution in [0.2, 0.25) is 0 Å². The fraction of sp³-hybridized carbons (Fsp3) is 0.667. The highest BCUT2D eigenvalue weighted by Gasteiger charge is 2.43. The van der Waals surface area contributed by atoms with Gasteiger partial charge in [0.2, 0.25) is 0 Å². The Kier molecular flexibility index (Phi) is 4.32. The van der Waals surface area contributed by atoms with Crippen LogP contribution in [0.3, 0.4) is 0 Å². The molecule has 0 aromatic heterocycles. The molecule has 1 heterocycles. The van der Waals surface area contributed by atoms with Gasteiger partial charge in [-0.15, -0.1) is 0 Å². The van der Waals surface area contributed by atoms with Gasteiger partial charge in [0.15, 0.2) is 0 Å². The number of nitrogens with zero attached hydrogens (tertiary/aromatic N) is 1. The van der Waals surface area contributed by atoms with E-state index < -0.39 is 0 Å². The average molecular weight is 290 g/mol. The van der Waals surface area contributed by atoms with Crippen molar-refractivity contribution in [3.8, 4) is 0 Å². The second-order valence-corrected chi connectivity index (χ2v) is 7.17. The molecule has 1 aliphatic heterocycles. The first-order valence-corrected chi connectivity index (χ1v) is 8.32. The molecule has 1 N–H and O–H groups in total. The van der Waals surface area contributed by atoms with Crippen LogP contribution in [0.4, 0.5) is 4.39 Å². The Bertz CT molecular complexity index is 463. The normalized spacial score (nSPS) is 25.8. The molecular formula is C18H27FN2. The predicted octanol–water partition coefficient (Wildman–Crippen LogP) is 3.57. The predicted molar refractivity (Wildman–Crippen MR) is 84.6 cm³/mol. The van der Waals surface area contributed by atoms with E-state index in [-0.39, 0.29) is 5.82 Å². The maximum absolute atomic E-state index is 13.1. The highest BCUT2D eigenvalue weighted by atomic mass is 19.1. The van der Waals surface area contributed by atoms with Gasteiger partial charge >= 0.3 is 0 Å². The molecule has 1 aliphatic carbocycles. The standard InChI is InChI=1S/C18H27FN2/c1-14(2)17-12-21(11-15-5-7-16(19)8-6-15)18(13-20-17)9-3-4-10-18/h5-8,14,17,20H,3-4,9-13H2,1-2H3. The van der Waals surface area contributed by atoms with Crippen molar-refractivity contribution in [2.45, 2.75) is 57.7 Å². The molecule has 2 nitrogen and oxygen atoms in total. The molecule has 1 saturated carbocycles. The van der Waals surface area contributed by atoms with E-state index in [1.807, 2.05) is 12.1 Å². The summed E-state index contributed by atoms with van der Waals surface area (Å²) in [4.78, 5) is 2.68. The van der Waals surface area contributed by atoms with E-state index in [1.165, 1.54) is 31.2 Å². The van der Waals surface area contributed by atoms with Crippen LogP contribution in [0.1, 0.15) is 45.1 Å². The van der Waals surface area contributed by atoms with Gasteiger partial charge in [0.1, 0.15) is 5.82 Å². The van der Waals surface area contributed by atoms with Gasteiger partial charge in [0.25, 0.3) is 0 Å². The molecule has 0 amide bonds. The van der Waals surface area contributed by atoms with Crippen LogP contribution in [-0.2, 0) is 6.54 Å². The first-order chi connectivity index (χ1) is 10.1. The largest absolute Gasteiger partial charge is 0.311 e. The van der Waals surface area contributed by atoms with Crippen LogP contribution in [-0.4, -0.2) is 29.6 Å². The summed E-state index contributed by atoms with van der Waals surface area (Å²) in [7, 11) is 0. The third-order valence-electron chi connectivity index (χ3n) is 5.41. The summed E-state index contributed by atoms with van der Waals surface area (Å²) < 4.78 is 13.1. The van der Waals surface area contributed by atoms with Crippen molar-refractivity contribution < 1.29 is 4.39 Å². The van der Waals surface area contributed by atoms with Gasteiger partial charge in [-0.1, -0.05) is 38.8 Å². The van der Waals surface area contributed by atoms with Gasteiger partial charge in [-0.05, 0) is 36.5 Å². The topological polar surface area (TPSA) is 15.3 Å². The molecule has 116 valence electrons. The minimum Gasteiger partial charge on any atom is -0.311 e. The Morgan fingerprint density at radius 2 is 1.90 bits per heavy atom. The Morgan fingerprint density at radius 3 is 2.52 bits per heavy atom. The quantitative estimate of drug-likeness (QED) is 0.915. The summed E-state index contributed by atoms with van der Waals surface area (Å²) in [5, 5.41) is 3.77. The van der Waals surface area contributed by atoms with Crippen molar-refractivity contribution in [1.29, 1.82) is 0 Å². The number of nitrogens with one attached hydrogen (secondary N) is 1. The number of rotatable bonds is 3. The summed E-state index contributed by atoms with van der Waals surface area (Å²) in [5.41, 5.74) is 1.56. The van der Waals surface area contributed by atoms with E-state index >= 15 is 0 Å². The molecule has 1 unspecified atom stereocenters. The molecule has 2 fully saturated rings. The maximum Gasteiger partial charge on any atom is 0.123 e. The zero-order valence-electron chi connectivity index (χ0n) is 13.2. The van der Waals surface area contributed by atoms with Crippen LogP contribution in [0.5, 0.6) is 0 Å². The van der Waals surface area contributed by atoms with Gasteiger partial charge in [-0.3, -0.25) is 4.90 Å². The van der Waals surface area contributed by atoms with Crippen LogP contribution in [0, 0.1) is 11.7 Å².